The molecule has 0 aliphatic rings. The highest BCUT2D eigenvalue weighted by molar-refractivity contribution is 9.10. The maximum atomic E-state index is 13.6. The highest BCUT2D eigenvalue weighted by Crippen LogP contribution is 2.29. The Labute approximate surface area is 108 Å². The molecule has 0 bridgehead atoms. The van der Waals surface area contributed by atoms with E-state index in [0.29, 0.717) is 5.56 Å². The van der Waals surface area contributed by atoms with Crippen molar-refractivity contribution in [3.8, 4) is 0 Å². The van der Waals surface area contributed by atoms with Gasteiger partial charge in [0.25, 0.3) is 0 Å². The van der Waals surface area contributed by atoms with E-state index in [-0.39, 0.29) is 18.2 Å². The summed E-state index contributed by atoms with van der Waals surface area (Å²) >= 11 is 3.25. The Morgan fingerprint density at radius 1 is 1.65 bits per heavy atom. The molecule has 0 aliphatic heterocycles. The van der Waals surface area contributed by atoms with Gasteiger partial charge in [0.1, 0.15) is 11.4 Å². The summed E-state index contributed by atoms with van der Waals surface area (Å²) in [6.07, 6.45) is 0.0791. The summed E-state index contributed by atoms with van der Waals surface area (Å²) in [5.74, 6) is -1.48. The fourth-order valence-corrected chi connectivity index (χ4v) is 2.08. The third kappa shape index (κ3) is 3.51. The minimum Gasteiger partial charge on any atom is -0.380 e. The number of halogens is 2. The summed E-state index contributed by atoms with van der Waals surface area (Å²) < 4.78 is 14.3. The van der Waals surface area contributed by atoms with Gasteiger partial charge in [0, 0.05) is 4.47 Å². The molecule has 3 nitrogen and oxygen atoms in total. The molecule has 1 aromatic carbocycles. The van der Waals surface area contributed by atoms with Crippen molar-refractivity contribution in [3.63, 3.8) is 0 Å². The van der Waals surface area contributed by atoms with Gasteiger partial charge in [0.2, 0.25) is 5.91 Å². The summed E-state index contributed by atoms with van der Waals surface area (Å²) in [4.78, 5) is 11.0. The number of carbonyl (C=O) groups excluding carboxylic acids is 1. The van der Waals surface area contributed by atoms with E-state index in [9.17, 15) is 14.3 Å². The molecule has 0 aliphatic carbocycles. The number of carbonyl (C=O) groups is 1. The van der Waals surface area contributed by atoms with Crippen LogP contribution in [0, 0.1) is 5.82 Å². The summed E-state index contributed by atoms with van der Waals surface area (Å²) in [6.45, 7) is 3.07. The Morgan fingerprint density at radius 2 is 2.24 bits per heavy atom. The van der Waals surface area contributed by atoms with Crippen LogP contribution < -0.4 is 5.73 Å². The van der Waals surface area contributed by atoms with Crippen molar-refractivity contribution in [3.05, 3.63) is 34.1 Å². The van der Waals surface area contributed by atoms with E-state index in [1.54, 1.807) is 19.1 Å². The molecule has 3 N–H and O–H groups in total. The first-order chi connectivity index (χ1) is 7.74. The molecular formula is C12H15BrFNO2. The molecule has 0 heterocycles. The van der Waals surface area contributed by atoms with Crippen molar-refractivity contribution in [2.45, 2.75) is 31.8 Å². The van der Waals surface area contributed by atoms with Gasteiger partial charge in [-0.15, -0.1) is 0 Å². The van der Waals surface area contributed by atoms with E-state index >= 15 is 0 Å². The second-order valence-corrected chi connectivity index (χ2v) is 5.32. The zero-order chi connectivity index (χ0) is 13.2. The number of amides is 1. The lowest BCUT2D eigenvalue weighted by Crippen LogP contribution is -2.41. The third-order valence-electron chi connectivity index (χ3n) is 2.72. The van der Waals surface area contributed by atoms with E-state index < -0.39 is 11.5 Å². The maximum absolute atomic E-state index is 13.6. The molecule has 1 unspecified atom stereocenters. The lowest BCUT2D eigenvalue weighted by molar-refractivity contribution is -0.135. The van der Waals surface area contributed by atoms with Crippen LogP contribution in [0.15, 0.2) is 22.7 Å². The van der Waals surface area contributed by atoms with Crippen molar-refractivity contribution in [2.75, 3.05) is 0 Å². The number of hydrogen-bond donors (Lipinski definition) is 2. The van der Waals surface area contributed by atoms with Gasteiger partial charge in [0.05, 0.1) is 0 Å². The predicted octanol–water partition coefficient (Wildman–Crippen LogP) is 2.32. The molecule has 0 aromatic heterocycles. The minimum absolute atomic E-state index is 0.0791. The Balaban J connectivity index is 2.94. The fourth-order valence-electron chi connectivity index (χ4n) is 1.70. The highest BCUT2D eigenvalue weighted by atomic mass is 79.9. The van der Waals surface area contributed by atoms with Crippen LogP contribution in [0.1, 0.15) is 31.7 Å². The van der Waals surface area contributed by atoms with Gasteiger partial charge in [-0.3, -0.25) is 4.79 Å². The first-order valence-electron chi connectivity index (χ1n) is 5.21. The number of aliphatic hydroxyl groups is 1. The monoisotopic (exact) mass is 303 g/mol. The zero-order valence-corrected chi connectivity index (χ0v) is 11.3. The second kappa shape index (κ2) is 5.14. The molecule has 0 radical (unpaired) electrons. The second-order valence-electron chi connectivity index (χ2n) is 4.41. The number of rotatable bonds is 4. The van der Waals surface area contributed by atoms with E-state index in [2.05, 4.69) is 15.9 Å². The van der Waals surface area contributed by atoms with Crippen molar-refractivity contribution in [1.82, 2.24) is 0 Å². The normalized spacial score (nSPS) is 16.3. The number of primary amides is 1. The van der Waals surface area contributed by atoms with Gasteiger partial charge in [-0.1, -0.05) is 22.9 Å². The van der Waals surface area contributed by atoms with Crippen LogP contribution in [-0.2, 0) is 4.79 Å². The third-order valence-corrected chi connectivity index (χ3v) is 3.22. The highest BCUT2D eigenvalue weighted by Gasteiger charge is 2.31. The quantitative estimate of drug-likeness (QED) is 0.896. The first kappa shape index (κ1) is 14.1. The van der Waals surface area contributed by atoms with Crippen LogP contribution in [0.4, 0.5) is 4.39 Å². The van der Waals surface area contributed by atoms with Crippen LogP contribution in [0.3, 0.4) is 0 Å². The van der Waals surface area contributed by atoms with Gasteiger partial charge in [-0.25, -0.2) is 4.39 Å². The molecule has 0 saturated heterocycles. The first-order valence-corrected chi connectivity index (χ1v) is 6.00. The Morgan fingerprint density at radius 3 is 2.76 bits per heavy atom. The Kier molecular flexibility index (Phi) is 4.27. The van der Waals surface area contributed by atoms with Gasteiger partial charge in [0.15, 0.2) is 0 Å². The number of hydrogen-bond acceptors (Lipinski definition) is 2. The van der Waals surface area contributed by atoms with Gasteiger partial charge >= 0.3 is 0 Å². The lowest BCUT2D eigenvalue weighted by atomic mass is 9.87. The van der Waals surface area contributed by atoms with E-state index in [1.165, 1.54) is 13.0 Å². The molecule has 1 rings (SSSR count). The van der Waals surface area contributed by atoms with Crippen LogP contribution >= 0.6 is 15.9 Å². The predicted molar refractivity (Wildman–Crippen MR) is 67.0 cm³/mol. The molecule has 2 atom stereocenters. The molecular weight excluding hydrogens is 289 g/mol. The average molecular weight is 304 g/mol. The smallest absolute Gasteiger partial charge is 0.249 e. The van der Waals surface area contributed by atoms with E-state index in [0.717, 1.165) is 4.47 Å². The van der Waals surface area contributed by atoms with E-state index in [4.69, 9.17) is 5.73 Å². The summed E-state index contributed by atoms with van der Waals surface area (Å²) in [6, 6.07) is 4.57. The number of nitrogens with two attached hydrogens (primary N) is 1. The molecule has 1 amide bonds. The molecule has 0 saturated carbocycles. The standard InChI is InChI=1S/C12H15BrFNO2/c1-7(6-12(2,17)11(15)16)9-5-8(13)3-4-10(9)14/h3-5,7,17H,6H2,1-2H3,(H2,15,16)/t7?,12-/m0/s1. The average Bonchev–Trinajstić information content (AvgIpc) is 2.20. The van der Waals surface area contributed by atoms with Crippen LogP contribution in [0.5, 0.6) is 0 Å². The summed E-state index contributed by atoms with van der Waals surface area (Å²) in [5.41, 5.74) is 3.89. The maximum Gasteiger partial charge on any atom is 0.249 e. The van der Waals surface area contributed by atoms with Gasteiger partial charge in [-0.05, 0) is 43.0 Å². The lowest BCUT2D eigenvalue weighted by Gasteiger charge is -2.23. The molecule has 1 aromatic rings. The largest absolute Gasteiger partial charge is 0.380 e. The van der Waals surface area contributed by atoms with Gasteiger partial charge in [-0.2, -0.15) is 0 Å². The Bertz CT molecular complexity index is 435. The van der Waals surface area contributed by atoms with Crippen LogP contribution in [0.2, 0.25) is 0 Å². The molecule has 0 fully saturated rings. The molecule has 17 heavy (non-hydrogen) atoms. The number of benzene rings is 1. The van der Waals surface area contributed by atoms with Crippen LogP contribution in [0.25, 0.3) is 0 Å². The van der Waals surface area contributed by atoms with Crippen LogP contribution in [-0.4, -0.2) is 16.6 Å². The molecule has 94 valence electrons. The molecule has 5 heteroatoms. The zero-order valence-electron chi connectivity index (χ0n) is 9.71. The van der Waals surface area contributed by atoms with Crippen molar-refractivity contribution in [2.24, 2.45) is 5.73 Å². The van der Waals surface area contributed by atoms with Crippen molar-refractivity contribution < 1.29 is 14.3 Å². The van der Waals surface area contributed by atoms with Crippen molar-refractivity contribution in [1.29, 1.82) is 0 Å². The van der Waals surface area contributed by atoms with Gasteiger partial charge < -0.3 is 10.8 Å². The SMILES string of the molecule is CC(C[C@](C)(O)C(N)=O)c1cc(Br)ccc1F. The summed E-state index contributed by atoms with van der Waals surface area (Å²) in [7, 11) is 0. The molecule has 0 spiro atoms. The minimum atomic E-state index is -1.63. The van der Waals surface area contributed by atoms with Crippen molar-refractivity contribution >= 4 is 21.8 Å². The topological polar surface area (TPSA) is 63.3 Å². The Hall–Kier alpha value is -0.940. The fraction of sp³-hybridized carbons (Fsp3) is 0.417. The summed E-state index contributed by atoms with van der Waals surface area (Å²) in [5, 5.41) is 9.77. The van der Waals surface area contributed by atoms with E-state index in [1.807, 2.05) is 0 Å².